The second-order valence-corrected chi connectivity index (χ2v) is 5.19. The van der Waals surface area contributed by atoms with E-state index in [9.17, 15) is 0 Å². The molecule has 2 rings (SSSR count). The van der Waals surface area contributed by atoms with Crippen molar-refractivity contribution in [3.8, 4) is 0 Å². The molecule has 0 amide bonds. The van der Waals surface area contributed by atoms with Crippen LogP contribution in [0.5, 0.6) is 0 Å². The van der Waals surface area contributed by atoms with Crippen LogP contribution < -0.4 is 5.32 Å². The van der Waals surface area contributed by atoms with E-state index in [0.717, 1.165) is 18.0 Å². The van der Waals surface area contributed by atoms with Crippen molar-refractivity contribution in [2.24, 2.45) is 5.92 Å². The van der Waals surface area contributed by atoms with Crippen LogP contribution in [0.4, 0.5) is 0 Å². The van der Waals surface area contributed by atoms with Crippen LogP contribution in [0.25, 0.3) is 0 Å². The van der Waals surface area contributed by atoms with E-state index in [1.54, 1.807) is 0 Å². The fourth-order valence-electron chi connectivity index (χ4n) is 2.60. The molecule has 0 bridgehead atoms. The molecule has 2 aliphatic rings. The second kappa shape index (κ2) is 2.84. The average molecular weight is 177 g/mol. The number of nitrogens with one attached hydrogen (secondary N) is 1. The SMILES string of the molecule is [B]=C1NCC2CCN(C(C)(C)C)C12. The molecule has 2 heterocycles. The topological polar surface area (TPSA) is 15.3 Å². The van der Waals surface area contributed by atoms with E-state index in [0.29, 0.717) is 6.04 Å². The predicted molar refractivity (Wildman–Crippen MR) is 57.1 cm³/mol. The first-order chi connectivity index (χ1) is 6.00. The summed E-state index contributed by atoms with van der Waals surface area (Å²) in [5.74, 6) is 0.749. The summed E-state index contributed by atoms with van der Waals surface area (Å²) in [5, 5.41) is 3.28. The summed E-state index contributed by atoms with van der Waals surface area (Å²) in [4.78, 5) is 2.52. The molecule has 2 fully saturated rings. The van der Waals surface area contributed by atoms with Gasteiger partial charge in [0.1, 0.15) is 0 Å². The molecule has 0 aromatic carbocycles. The van der Waals surface area contributed by atoms with Crippen molar-refractivity contribution in [1.29, 1.82) is 0 Å². The molecule has 0 spiro atoms. The van der Waals surface area contributed by atoms with Crippen molar-refractivity contribution in [2.45, 2.75) is 38.8 Å². The van der Waals surface area contributed by atoms with Crippen molar-refractivity contribution in [3.63, 3.8) is 0 Å². The van der Waals surface area contributed by atoms with Crippen LogP contribution in [-0.2, 0) is 0 Å². The second-order valence-electron chi connectivity index (χ2n) is 5.19. The molecule has 2 aliphatic heterocycles. The maximum absolute atomic E-state index is 5.97. The Kier molecular flexibility index (Phi) is 2.02. The number of fused-ring (bicyclic) bond motifs is 1. The van der Waals surface area contributed by atoms with E-state index in [1.165, 1.54) is 13.0 Å². The van der Waals surface area contributed by atoms with Crippen molar-refractivity contribution in [1.82, 2.24) is 10.2 Å². The Hall–Kier alpha value is -0.305. The summed E-state index contributed by atoms with van der Waals surface area (Å²) in [6, 6.07) is 0.486. The molecule has 2 unspecified atom stereocenters. The zero-order valence-corrected chi connectivity index (χ0v) is 8.80. The molecule has 2 nitrogen and oxygen atoms in total. The van der Waals surface area contributed by atoms with Gasteiger partial charge in [0.25, 0.3) is 0 Å². The zero-order valence-electron chi connectivity index (χ0n) is 8.80. The number of hydrogen-bond acceptors (Lipinski definition) is 2. The van der Waals surface area contributed by atoms with E-state index in [-0.39, 0.29) is 5.54 Å². The van der Waals surface area contributed by atoms with E-state index in [1.807, 2.05) is 0 Å². The fraction of sp³-hybridized carbons (Fsp3) is 0.900. The standard InChI is InChI=1S/C10H18BN2/c1-10(2,3)13-5-4-7-6-12-9(11)8(7)13/h7-8,12H,4-6H2,1-3H3. The van der Waals surface area contributed by atoms with Gasteiger partial charge in [0.05, 0.1) is 0 Å². The van der Waals surface area contributed by atoms with Crippen LogP contribution in [0, 0.1) is 5.92 Å². The average Bonchev–Trinajstić information content (AvgIpc) is 2.51. The quantitative estimate of drug-likeness (QED) is 0.538. The molecule has 0 aliphatic carbocycles. The fourth-order valence-corrected chi connectivity index (χ4v) is 2.60. The number of rotatable bonds is 0. The molecule has 2 atom stereocenters. The molecule has 0 aromatic rings. The molecule has 1 radical (unpaired) electrons. The molecule has 71 valence electrons. The minimum atomic E-state index is 0.246. The number of hydrogen-bond donors (Lipinski definition) is 1. The summed E-state index contributed by atoms with van der Waals surface area (Å²) in [5.41, 5.74) is 1.23. The molecular formula is C10H18BN2. The Bertz CT molecular complexity index is 232. The molecule has 13 heavy (non-hydrogen) atoms. The van der Waals surface area contributed by atoms with Gasteiger partial charge < -0.3 is 0 Å². The van der Waals surface area contributed by atoms with Crippen LogP contribution in [0.15, 0.2) is 0 Å². The van der Waals surface area contributed by atoms with Crippen molar-refractivity contribution >= 4 is 13.1 Å². The van der Waals surface area contributed by atoms with Gasteiger partial charge in [0.2, 0.25) is 0 Å². The van der Waals surface area contributed by atoms with Crippen LogP contribution >= 0.6 is 0 Å². The predicted octanol–water partition coefficient (Wildman–Crippen LogP) is 0.377. The van der Waals surface area contributed by atoms with Gasteiger partial charge in [-0.05, 0) is 0 Å². The van der Waals surface area contributed by atoms with Crippen molar-refractivity contribution < 1.29 is 0 Å². The van der Waals surface area contributed by atoms with E-state index < -0.39 is 0 Å². The van der Waals surface area contributed by atoms with Crippen molar-refractivity contribution in [3.05, 3.63) is 0 Å². The normalized spacial score (nSPS) is 34.8. The molecule has 3 heteroatoms. The van der Waals surface area contributed by atoms with Crippen LogP contribution in [0.3, 0.4) is 0 Å². The molecule has 0 aromatic heterocycles. The molecule has 2 saturated heterocycles. The minimum absolute atomic E-state index is 0.246. The Morgan fingerprint density at radius 3 is 2.77 bits per heavy atom. The first kappa shape index (κ1) is 9.26. The molecule has 1 N–H and O–H groups in total. The van der Waals surface area contributed by atoms with E-state index in [4.69, 9.17) is 7.49 Å². The van der Waals surface area contributed by atoms with Gasteiger partial charge >= 0.3 is 81.1 Å². The summed E-state index contributed by atoms with van der Waals surface area (Å²) in [7, 11) is 5.97. The van der Waals surface area contributed by atoms with Crippen molar-refractivity contribution in [2.75, 3.05) is 13.1 Å². The number of likely N-dealkylation sites (tertiary alicyclic amines) is 1. The van der Waals surface area contributed by atoms with Gasteiger partial charge in [0, 0.05) is 0 Å². The summed E-state index contributed by atoms with van der Waals surface area (Å²) in [6.07, 6.45) is 1.29. The van der Waals surface area contributed by atoms with Gasteiger partial charge in [-0.3, -0.25) is 0 Å². The summed E-state index contributed by atoms with van der Waals surface area (Å²) >= 11 is 0. The Labute approximate surface area is 81.8 Å². The third kappa shape index (κ3) is 1.43. The molecule has 0 saturated carbocycles. The zero-order chi connectivity index (χ0) is 9.64. The van der Waals surface area contributed by atoms with Crippen LogP contribution in [-0.4, -0.2) is 42.6 Å². The van der Waals surface area contributed by atoms with E-state index in [2.05, 4.69) is 31.0 Å². The third-order valence-corrected chi connectivity index (χ3v) is 3.27. The van der Waals surface area contributed by atoms with Gasteiger partial charge in [0.15, 0.2) is 0 Å². The Morgan fingerprint density at radius 1 is 1.46 bits per heavy atom. The van der Waals surface area contributed by atoms with Crippen LogP contribution in [0.2, 0.25) is 0 Å². The maximum atomic E-state index is 5.97. The van der Waals surface area contributed by atoms with Gasteiger partial charge in [-0.2, -0.15) is 0 Å². The Morgan fingerprint density at radius 2 is 2.15 bits per heavy atom. The van der Waals surface area contributed by atoms with Crippen LogP contribution in [0.1, 0.15) is 27.2 Å². The van der Waals surface area contributed by atoms with Gasteiger partial charge in [-0.15, -0.1) is 0 Å². The van der Waals surface area contributed by atoms with E-state index >= 15 is 0 Å². The third-order valence-electron chi connectivity index (χ3n) is 3.27. The first-order valence-electron chi connectivity index (χ1n) is 5.13. The number of nitrogens with zero attached hydrogens (tertiary/aromatic N) is 1. The first-order valence-corrected chi connectivity index (χ1v) is 5.13. The molecular weight excluding hydrogens is 159 g/mol. The van der Waals surface area contributed by atoms with Gasteiger partial charge in [-0.25, -0.2) is 0 Å². The summed E-state index contributed by atoms with van der Waals surface area (Å²) < 4.78 is 0. The Balaban J connectivity index is 2.19. The monoisotopic (exact) mass is 177 g/mol. The summed E-state index contributed by atoms with van der Waals surface area (Å²) in [6.45, 7) is 9.06. The van der Waals surface area contributed by atoms with Gasteiger partial charge in [-0.1, -0.05) is 0 Å².